The highest BCUT2D eigenvalue weighted by molar-refractivity contribution is 6.33. The van der Waals surface area contributed by atoms with Crippen LogP contribution in [0.25, 0.3) is 21.8 Å². The molecule has 2 amide bonds. The van der Waals surface area contributed by atoms with E-state index in [4.69, 9.17) is 26.4 Å². The van der Waals surface area contributed by atoms with Crippen LogP contribution in [0.15, 0.2) is 47.4 Å². The first-order valence-corrected chi connectivity index (χ1v) is 22.2. The Kier molecular flexibility index (Phi) is 10.4. The van der Waals surface area contributed by atoms with Gasteiger partial charge in [-0.05, 0) is 105 Å². The van der Waals surface area contributed by atoms with Crippen LogP contribution in [0, 0.1) is 17.8 Å². The third-order valence-electron chi connectivity index (χ3n) is 14.0. The number of anilines is 4. The quantitative estimate of drug-likeness (QED) is 0.143. The van der Waals surface area contributed by atoms with E-state index in [0.717, 1.165) is 68.6 Å². The minimum atomic E-state index is -3.13. The summed E-state index contributed by atoms with van der Waals surface area (Å²) in [5.74, 6) is -1.92. The molecule has 4 atom stereocenters. The molecule has 326 valence electrons. The normalized spacial score (nSPS) is 24.6. The molecular formula is C45H51ClF2N10O4. The number of ether oxygens (including phenoxy) is 1. The monoisotopic (exact) mass is 868 g/mol. The fourth-order valence-corrected chi connectivity index (χ4v) is 10.4. The van der Waals surface area contributed by atoms with E-state index in [1.807, 2.05) is 23.9 Å². The molecule has 62 heavy (non-hydrogen) atoms. The molecule has 5 aromatic rings. The molecule has 7 heterocycles. The summed E-state index contributed by atoms with van der Waals surface area (Å²) in [4.78, 5) is 51.9. The van der Waals surface area contributed by atoms with Crippen molar-refractivity contribution in [1.29, 1.82) is 0 Å². The number of halogens is 3. The van der Waals surface area contributed by atoms with Crippen LogP contribution < -0.4 is 31.1 Å². The fraction of sp³-hybridized carbons (Fsp3) is 0.511. The second-order valence-corrected chi connectivity index (χ2v) is 18.5. The second-order valence-electron chi connectivity index (χ2n) is 18.1. The molecular weight excluding hydrogens is 818 g/mol. The summed E-state index contributed by atoms with van der Waals surface area (Å²) < 4.78 is 39.2. The van der Waals surface area contributed by atoms with Crippen molar-refractivity contribution < 1.29 is 23.1 Å². The first-order valence-electron chi connectivity index (χ1n) is 21.8. The van der Waals surface area contributed by atoms with Crippen LogP contribution in [0.5, 0.6) is 5.75 Å². The van der Waals surface area contributed by atoms with Gasteiger partial charge in [0.25, 0.3) is 5.56 Å². The number of carbonyl (C=O) groups excluding carboxylic acids is 2. The first kappa shape index (κ1) is 40.7. The van der Waals surface area contributed by atoms with E-state index < -0.39 is 30.0 Å². The highest BCUT2D eigenvalue weighted by Crippen LogP contribution is 2.46. The molecule has 0 bridgehead atoms. The number of carbonyl (C=O) groups is 2. The van der Waals surface area contributed by atoms with E-state index in [2.05, 4.69) is 55.9 Å². The van der Waals surface area contributed by atoms with Gasteiger partial charge < -0.3 is 29.7 Å². The maximum absolute atomic E-state index is 15.2. The van der Waals surface area contributed by atoms with Gasteiger partial charge in [-0.15, -0.1) is 0 Å². The lowest BCUT2D eigenvalue weighted by molar-refractivity contribution is -0.134. The smallest absolute Gasteiger partial charge is 0.301 e. The van der Waals surface area contributed by atoms with Gasteiger partial charge in [-0.2, -0.15) is 10.1 Å². The zero-order valence-corrected chi connectivity index (χ0v) is 35.9. The van der Waals surface area contributed by atoms with Crippen molar-refractivity contribution in [3.8, 4) is 5.75 Å². The van der Waals surface area contributed by atoms with Gasteiger partial charge >= 0.3 is 5.92 Å². The molecule has 4 aliphatic heterocycles. The van der Waals surface area contributed by atoms with Crippen LogP contribution in [0.4, 0.5) is 31.9 Å². The SMILES string of the molecule is C[C@H]1CN(c2ncc(Cl)c(Nc3ccc4c(c3)c3c(c(=O)n4C)OCC(F)(F)C(C4CC4)N3)n2)CC[C@@H]1CN1CCC(c2ccc3c(C4CCC(=O)NC4=O)nn(C)c3c2)CC1. The fourth-order valence-electron chi connectivity index (χ4n) is 10.2. The number of imide groups is 1. The molecule has 5 aliphatic rings. The van der Waals surface area contributed by atoms with Crippen molar-refractivity contribution in [2.45, 2.75) is 75.7 Å². The number of nitrogens with one attached hydrogen (secondary N) is 3. The number of pyridine rings is 1. The zero-order valence-electron chi connectivity index (χ0n) is 35.1. The number of nitrogens with zero attached hydrogens (tertiary/aromatic N) is 7. The number of hydrogen-bond acceptors (Lipinski definition) is 11. The van der Waals surface area contributed by atoms with Crippen LogP contribution in [0.3, 0.4) is 0 Å². The zero-order chi connectivity index (χ0) is 43.0. The molecule has 17 heteroatoms. The van der Waals surface area contributed by atoms with Crippen molar-refractivity contribution in [3.63, 3.8) is 0 Å². The number of alkyl halides is 2. The number of rotatable bonds is 8. The van der Waals surface area contributed by atoms with E-state index in [1.54, 1.807) is 19.3 Å². The number of benzene rings is 2. The van der Waals surface area contributed by atoms with Gasteiger partial charge in [0.15, 0.2) is 12.4 Å². The molecule has 2 unspecified atom stereocenters. The first-order chi connectivity index (χ1) is 29.8. The van der Waals surface area contributed by atoms with Crippen molar-refractivity contribution in [1.82, 2.24) is 34.5 Å². The third-order valence-corrected chi connectivity index (χ3v) is 14.3. The molecule has 4 fully saturated rings. The number of amides is 2. The van der Waals surface area contributed by atoms with Crippen molar-refractivity contribution in [2.75, 3.05) is 54.9 Å². The van der Waals surface area contributed by atoms with E-state index in [-0.39, 0.29) is 29.2 Å². The lowest BCUT2D eigenvalue weighted by Gasteiger charge is -2.41. The maximum atomic E-state index is 15.2. The summed E-state index contributed by atoms with van der Waals surface area (Å²) in [7, 11) is 3.53. The van der Waals surface area contributed by atoms with Crippen molar-refractivity contribution >= 4 is 68.4 Å². The Morgan fingerprint density at radius 1 is 0.968 bits per heavy atom. The summed E-state index contributed by atoms with van der Waals surface area (Å²) >= 11 is 6.66. The number of hydrogen-bond donors (Lipinski definition) is 3. The Morgan fingerprint density at radius 2 is 1.77 bits per heavy atom. The van der Waals surface area contributed by atoms with E-state index in [9.17, 15) is 14.4 Å². The molecule has 2 aromatic carbocycles. The number of likely N-dealkylation sites (tertiary alicyclic amines) is 1. The maximum Gasteiger partial charge on any atom is 0.301 e. The molecule has 1 aliphatic carbocycles. The van der Waals surface area contributed by atoms with Crippen LogP contribution in [0.1, 0.15) is 75.0 Å². The summed E-state index contributed by atoms with van der Waals surface area (Å²) in [5, 5.41) is 15.5. The van der Waals surface area contributed by atoms with Gasteiger partial charge in [0, 0.05) is 56.6 Å². The summed E-state index contributed by atoms with van der Waals surface area (Å²) in [5.41, 5.74) is 4.07. The topological polar surface area (TPSA) is 152 Å². The average Bonchev–Trinajstić information content (AvgIpc) is 4.06. The van der Waals surface area contributed by atoms with Crippen LogP contribution >= 0.6 is 11.6 Å². The number of aromatic nitrogens is 5. The average molecular weight is 869 g/mol. The largest absolute Gasteiger partial charge is 0.480 e. The molecule has 1 saturated carbocycles. The van der Waals surface area contributed by atoms with Gasteiger partial charge in [0.05, 0.1) is 40.6 Å². The highest BCUT2D eigenvalue weighted by Gasteiger charge is 2.51. The Bertz CT molecular complexity index is 2660. The van der Waals surface area contributed by atoms with Gasteiger partial charge in [0.1, 0.15) is 5.02 Å². The number of piperidine rings is 3. The number of aryl methyl sites for hydroxylation is 2. The number of fused-ring (bicyclic) bond motifs is 4. The lowest BCUT2D eigenvalue weighted by Crippen LogP contribution is -2.45. The van der Waals surface area contributed by atoms with Gasteiger partial charge in [0.2, 0.25) is 23.5 Å². The Labute approximate surface area is 362 Å². The van der Waals surface area contributed by atoms with Gasteiger partial charge in [-0.3, -0.25) is 24.4 Å². The molecule has 0 spiro atoms. The minimum absolute atomic E-state index is 0.104. The third kappa shape index (κ3) is 7.52. The summed E-state index contributed by atoms with van der Waals surface area (Å²) in [6.07, 6.45) is 6.97. The van der Waals surface area contributed by atoms with Gasteiger partial charge in [-0.25, -0.2) is 13.8 Å². The van der Waals surface area contributed by atoms with Crippen molar-refractivity contribution in [3.05, 3.63) is 69.2 Å². The van der Waals surface area contributed by atoms with E-state index in [0.29, 0.717) is 76.8 Å². The highest BCUT2D eigenvalue weighted by atomic mass is 35.5. The summed E-state index contributed by atoms with van der Waals surface area (Å²) in [6, 6.07) is 10.8. The second kappa shape index (κ2) is 15.8. The Morgan fingerprint density at radius 3 is 2.53 bits per heavy atom. The van der Waals surface area contributed by atoms with Gasteiger partial charge in [-0.1, -0.05) is 30.7 Å². The molecule has 10 rings (SSSR count). The molecule has 3 N–H and O–H groups in total. The van der Waals surface area contributed by atoms with E-state index >= 15 is 8.78 Å². The lowest BCUT2D eigenvalue weighted by atomic mass is 9.84. The van der Waals surface area contributed by atoms with Crippen LogP contribution in [-0.4, -0.2) is 92.3 Å². The molecule has 14 nitrogen and oxygen atoms in total. The van der Waals surface area contributed by atoms with Crippen LogP contribution in [-0.2, 0) is 23.7 Å². The van der Waals surface area contributed by atoms with Crippen LogP contribution in [0.2, 0.25) is 5.02 Å². The Balaban J connectivity index is 0.777. The molecule has 3 saturated heterocycles. The predicted octanol–water partition coefficient (Wildman–Crippen LogP) is 6.69. The van der Waals surface area contributed by atoms with E-state index in [1.165, 1.54) is 10.1 Å². The standard InChI is InChI=1S/C45H51ClF2N10O4/c1-24-21-58(17-14-28(24)22-57-15-12-25(13-16-57)27-6-8-30-35(18-27)56(3)54-37(30)31-9-11-36(59)51-42(31)60)44-49-20-33(46)41(53-44)50-29-7-10-34-32(19-29)38-39(43(61)55(34)2)62-23-45(47,48)40(52-38)26-4-5-26/h6-8,10,18-20,24-26,28,31,40,52H,4-5,9,11-17,21-23H2,1-3H3,(H,49,50,53)(H,51,59,60)/t24-,28+,31?,40?/m0/s1. The molecule has 3 aromatic heterocycles. The Hall–Kier alpha value is -5.35. The minimum Gasteiger partial charge on any atom is -0.480 e. The molecule has 0 radical (unpaired) electrons. The van der Waals surface area contributed by atoms with Crippen molar-refractivity contribution in [2.24, 2.45) is 31.8 Å². The summed E-state index contributed by atoms with van der Waals surface area (Å²) in [6.45, 7) is 6.17. The predicted molar refractivity (Wildman–Crippen MR) is 234 cm³/mol.